The molecule has 3 rings (SSSR count). The molecule has 1 aromatic heterocycles. The summed E-state index contributed by atoms with van der Waals surface area (Å²) in [5, 5.41) is 0. The van der Waals surface area contributed by atoms with Gasteiger partial charge in [-0.3, -0.25) is 4.79 Å². The molecule has 1 aliphatic heterocycles. The Hall–Kier alpha value is -1.82. The van der Waals surface area contributed by atoms with Crippen molar-refractivity contribution in [3.05, 3.63) is 23.0 Å². The second-order valence-electron chi connectivity index (χ2n) is 5.30. The van der Waals surface area contributed by atoms with E-state index < -0.39 is 0 Å². The van der Waals surface area contributed by atoms with E-state index in [2.05, 4.69) is 4.98 Å². The van der Waals surface area contributed by atoms with E-state index in [9.17, 15) is 4.79 Å². The van der Waals surface area contributed by atoms with Crippen molar-refractivity contribution in [2.45, 2.75) is 25.8 Å². The first-order valence-electron chi connectivity index (χ1n) is 7.23. The zero-order valence-electron chi connectivity index (χ0n) is 12.1. The number of rotatable bonds is 4. The number of imidazole rings is 1. The number of aromatic nitrogens is 2. The summed E-state index contributed by atoms with van der Waals surface area (Å²) in [6, 6.07) is 5.80. The summed E-state index contributed by atoms with van der Waals surface area (Å²) in [6.45, 7) is 2.41. The van der Waals surface area contributed by atoms with Crippen molar-refractivity contribution in [2.24, 2.45) is 0 Å². The Morgan fingerprint density at radius 3 is 2.86 bits per heavy atom. The van der Waals surface area contributed by atoms with Crippen LogP contribution in [-0.4, -0.2) is 40.6 Å². The Bertz CT molecular complexity index is 713. The molecule has 1 aliphatic rings. The molecule has 6 heteroatoms. The minimum absolute atomic E-state index is 0.220. The number of nitrogens with one attached hydrogen (secondary N) is 1. The van der Waals surface area contributed by atoms with Gasteiger partial charge < -0.3 is 19.2 Å². The first kappa shape index (κ1) is 14.1. The summed E-state index contributed by atoms with van der Waals surface area (Å²) in [6.07, 6.45) is 2.74. The molecule has 0 bridgehead atoms. The maximum Gasteiger partial charge on any atom is 0.224 e. The average molecular weight is 305 g/mol. The molecule has 1 fully saturated rings. The summed E-state index contributed by atoms with van der Waals surface area (Å²) >= 11 is 5.36. The van der Waals surface area contributed by atoms with Crippen LogP contribution in [0.15, 0.2) is 18.2 Å². The van der Waals surface area contributed by atoms with Gasteiger partial charge in [0, 0.05) is 32.1 Å². The van der Waals surface area contributed by atoms with Gasteiger partial charge in [-0.15, -0.1) is 0 Å². The van der Waals surface area contributed by atoms with Crippen LogP contribution < -0.4 is 4.74 Å². The van der Waals surface area contributed by atoms with Gasteiger partial charge in [0.2, 0.25) is 5.91 Å². The molecule has 1 aromatic carbocycles. The van der Waals surface area contributed by atoms with E-state index in [4.69, 9.17) is 17.0 Å². The fourth-order valence-electron chi connectivity index (χ4n) is 2.82. The van der Waals surface area contributed by atoms with Crippen LogP contribution in [0.5, 0.6) is 5.75 Å². The van der Waals surface area contributed by atoms with Crippen LogP contribution in [0.25, 0.3) is 11.0 Å². The molecule has 0 atom stereocenters. The number of fused-ring (bicyclic) bond motifs is 1. The number of aromatic amines is 1. The van der Waals surface area contributed by atoms with E-state index in [0.717, 1.165) is 42.7 Å². The number of amides is 1. The molecule has 112 valence electrons. The highest BCUT2D eigenvalue weighted by Gasteiger charge is 2.18. The fourth-order valence-corrected chi connectivity index (χ4v) is 3.12. The lowest BCUT2D eigenvalue weighted by atomic mass is 10.3. The molecule has 0 aliphatic carbocycles. The third-order valence-electron chi connectivity index (χ3n) is 3.99. The number of carbonyl (C=O) groups is 1. The Morgan fingerprint density at radius 1 is 1.38 bits per heavy atom. The van der Waals surface area contributed by atoms with Gasteiger partial charge in [-0.25, -0.2) is 0 Å². The Morgan fingerprint density at radius 2 is 2.14 bits per heavy atom. The molecule has 0 unspecified atom stereocenters. The number of hydrogen-bond donors (Lipinski definition) is 1. The van der Waals surface area contributed by atoms with Crippen LogP contribution >= 0.6 is 12.2 Å². The third kappa shape index (κ3) is 2.81. The molecular weight excluding hydrogens is 286 g/mol. The Kier molecular flexibility index (Phi) is 3.96. The molecule has 0 saturated carbocycles. The molecule has 0 radical (unpaired) electrons. The van der Waals surface area contributed by atoms with Crippen molar-refractivity contribution in [1.29, 1.82) is 0 Å². The maximum absolute atomic E-state index is 12.1. The van der Waals surface area contributed by atoms with E-state index in [-0.39, 0.29) is 5.91 Å². The van der Waals surface area contributed by atoms with E-state index in [1.54, 1.807) is 7.11 Å². The van der Waals surface area contributed by atoms with E-state index in [1.165, 1.54) is 0 Å². The van der Waals surface area contributed by atoms with Crippen LogP contribution in [0.4, 0.5) is 0 Å². The number of carbonyl (C=O) groups excluding carboxylic acids is 1. The number of nitrogens with zero attached hydrogens (tertiary/aromatic N) is 2. The lowest BCUT2D eigenvalue weighted by Crippen LogP contribution is -2.28. The monoisotopic (exact) mass is 305 g/mol. The number of H-pyrrole nitrogens is 1. The van der Waals surface area contributed by atoms with Crippen molar-refractivity contribution < 1.29 is 9.53 Å². The summed E-state index contributed by atoms with van der Waals surface area (Å²) in [4.78, 5) is 17.3. The standard InChI is InChI=1S/C15H19N3O2S/c1-20-11-4-5-13-12(10-11)16-15(21)18(13)9-6-14(19)17-7-2-3-8-17/h4-5,10H,2-3,6-9H2,1H3,(H,16,21). The van der Waals surface area contributed by atoms with E-state index in [1.807, 2.05) is 27.7 Å². The lowest BCUT2D eigenvalue weighted by Gasteiger charge is -2.15. The molecule has 21 heavy (non-hydrogen) atoms. The number of hydrogen-bond acceptors (Lipinski definition) is 3. The second-order valence-corrected chi connectivity index (χ2v) is 5.69. The molecule has 2 aromatic rings. The Labute approximate surface area is 128 Å². The Balaban J connectivity index is 1.78. The zero-order valence-corrected chi connectivity index (χ0v) is 12.9. The second kappa shape index (κ2) is 5.89. The minimum atomic E-state index is 0.220. The van der Waals surface area contributed by atoms with Gasteiger partial charge in [-0.2, -0.15) is 0 Å². The fraction of sp³-hybridized carbons (Fsp3) is 0.467. The van der Waals surface area contributed by atoms with Gasteiger partial charge >= 0.3 is 0 Å². The normalized spacial score (nSPS) is 14.8. The predicted octanol–water partition coefficient (Wildman–Crippen LogP) is 2.72. The summed E-state index contributed by atoms with van der Waals surface area (Å²) in [5.41, 5.74) is 1.95. The van der Waals surface area contributed by atoms with Crippen LogP contribution in [-0.2, 0) is 11.3 Å². The van der Waals surface area contributed by atoms with Crippen molar-refractivity contribution in [2.75, 3.05) is 20.2 Å². The zero-order chi connectivity index (χ0) is 14.8. The van der Waals surface area contributed by atoms with Gasteiger partial charge in [0.15, 0.2) is 4.77 Å². The van der Waals surface area contributed by atoms with E-state index >= 15 is 0 Å². The highest BCUT2D eigenvalue weighted by atomic mass is 32.1. The van der Waals surface area contributed by atoms with Crippen molar-refractivity contribution in [3.8, 4) is 5.75 Å². The summed E-state index contributed by atoms with van der Waals surface area (Å²) in [7, 11) is 1.64. The van der Waals surface area contributed by atoms with Crippen molar-refractivity contribution in [1.82, 2.24) is 14.5 Å². The number of benzene rings is 1. The van der Waals surface area contributed by atoms with Gasteiger partial charge in [-0.1, -0.05) is 0 Å². The average Bonchev–Trinajstić information content (AvgIpc) is 3.11. The SMILES string of the molecule is COc1ccc2c(c1)[nH]c(=S)n2CCC(=O)N1CCCC1. The molecular formula is C15H19N3O2S. The van der Waals surface area contributed by atoms with Gasteiger partial charge in [0.25, 0.3) is 0 Å². The molecule has 1 amide bonds. The predicted molar refractivity (Wildman–Crippen MR) is 84.1 cm³/mol. The van der Waals surface area contributed by atoms with Crippen LogP contribution in [0, 0.1) is 4.77 Å². The third-order valence-corrected chi connectivity index (χ3v) is 4.31. The first-order valence-corrected chi connectivity index (χ1v) is 7.64. The topological polar surface area (TPSA) is 50.3 Å². The van der Waals surface area contributed by atoms with Crippen molar-refractivity contribution in [3.63, 3.8) is 0 Å². The van der Waals surface area contributed by atoms with Crippen LogP contribution in [0.2, 0.25) is 0 Å². The smallest absolute Gasteiger partial charge is 0.224 e. The number of methoxy groups -OCH3 is 1. The minimum Gasteiger partial charge on any atom is -0.497 e. The highest BCUT2D eigenvalue weighted by Crippen LogP contribution is 2.21. The first-order chi connectivity index (χ1) is 10.2. The summed E-state index contributed by atoms with van der Waals surface area (Å²) < 4.78 is 7.84. The quantitative estimate of drug-likeness (QED) is 0.884. The van der Waals surface area contributed by atoms with Crippen LogP contribution in [0.3, 0.4) is 0 Å². The molecule has 1 saturated heterocycles. The molecule has 5 nitrogen and oxygen atoms in total. The van der Waals surface area contributed by atoms with Gasteiger partial charge in [0.05, 0.1) is 18.1 Å². The molecule has 2 heterocycles. The maximum atomic E-state index is 12.1. The number of ether oxygens (including phenoxy) is 1. The highest BCUT2D eigenvalue weighted by molar-refractivity contribution is 7.71. The summed E-state index contributed by atoms with van der Waals surface area (Å²) in [5.74, 6) is 1.01. The van der Waals surface area contributed by atoms with Crippen molar-refractivity contribution >= 4 is 29.2 Å². The van der Waals surface area contributed by atoms with Gasteiger partial charge in [-0.05, 0) is 37.2 Å². The van der Waals surface area contributed by atoms with E-state index in [0.29, 0.717) is 17.7 Å². The largest absolute Gasteiger partial charge is 0.497 e. The number of aryl methyl sites for hydroxylation is 1. The molecule has 0 spiro atoms. The lowest BCUT2D eigenvalue weighted by molar-refractivity contribution is -0.130. The number of likely N-dealkylation sites (tertiary alicyclic amines) is 1. The van der Waals surface area contributed by atoms with Crippen LogP contribution in [0.1, 0.15) is 19.3 Å². The van der Waals surface area contributed by atoms with Gasteiger partial charge in [0.1, 0.15) is 5.75 Å². The molecule has 1 N–H and O–H groups in total.